The van der Waals surface area contributed by atoms with Gasteiger partial charge in [-0.3, -0.25) is 4.98 Å². The zero-order valence-corrected chi connectivity index (χ0v) is 15.1. The highest BCUT2D eigenvalue weighted by Crippen LogP contribution is 2.32. The molecule has 0 N–H and O–H groups in total. The van der Waals surface area contributed by atoms with E-state index in [9.17, 15) is 0 Å². The highest BCUT2D eigenvalue weighted by Gasteiger charge is 2.23. The highest BCUT2D eigenvalue weighted by molar-refractivity contribution is 9.10. The minimum Gasteiger partial charge on any atom is -0.371 e. The third-order valence-corrected chi connectivity index (χ3v) is 6.01. The Kier molecular flexibility index (Phi) is 4.54. The zero-order valence-electron chi connectivity index (χ0n) is 13.5. The standard InChI is InChI=1S/C19H24BrN3/c20-17-5-3-4-16-18(6-9-21-19(16)17)23-12-7-15(8-13-23)14-22-10-1-2-11-22/h3-6,9,15H,1-2,7-8,10-14H2. The lowest BCUT2D eigenvalue weighted by atomic mass is 9.95. The first kappa shape index (κ1) is 15.4. The Bertz CT molecular complexity index is 673. The van der Waals surface area contributed by atoms with Gasteiger partial charge in [0.2, 0.25) is 0 Å². The summed E-state index contributed by atoms with van der Waals surface area (Å²) < 4.78 is 1.08. The van der Waals surface area contributed by atoms with Crippen molar-refractivity contribution in [1.29, 1.82) is 0 Å². The molecule has 3 heterocycles. The first-order chi connectivity index (χ1) is 11.3. The molecule has 4 rings (SSSR count). The minimum absolute atomic E-state index is 0.879. The number of likely N-dealkylation sites (tertiary alicyclic amines) is 1. The lowest BCUT2D eigenvalue weighted by Crippen LogP contribution is -2.38. The first-order valence-electron chi connectivity index (χ1n) is 8.82. The molecule has 0 unspecified atom stereocenters. The number of hydrogen-bond acceptors (Lipinski definition) is 3. The molecule has 0 saturated carbocycles. The lowest BCUT2D eigenvalue weighted by Gasteiger charge is -2.35. The Morgan fingerprint density at radius 3 is 2.61 bits per heavy atom. The Hall–Kier alpha value is -1.13. The predicted molar refractivity (Wildman–Crippen MR) is 100 cm³/mol. The van der Waals surface area contributed by atoms with E-state index < -0.39 is 0 Å². The maximum absolute atomic E-state index is 4.54. The summed E-state index contributed by atoms with van der Waals surface area (Å²) in [6.45, 7) is 6.30. The normalized spacial score (nSPS) is 20.5. The van der Waals surface area contributed by atoms with Gasteiger partial charge in [0.15, 0.2) is 0 Å². The topological polar surface area (TPSA) is 19.4 Å². The van der Waals surface area contributed by atoms with Crippen LogP contribution in [0.4, 0.5) is 5.69 Å². The molecule has 0 amide bonds. The maximum Gasteiger partial charge on any atom is 0.0864 e. The van der Waals surface area contributed by atoms with Crippen LogP contribution in [0, 0.1) is 5.92 Å². The SMILES string of the molecule is Brc1cccc2c(N3CCC(CN4CCCC4)CC3)ccnc12. The summed E-state index contributed by atoms with van der Waals surface area (Å²) in [5.74, 6) is 0.879. The molecule has 3 nitrogen and oxygen atoms in total. The number of rotatable bonds is 3. The van der Waals surface area contributed by atoms with E-state index in [4.69, 9.17) is 0 Å². The van der Waals surface area contributed by atoms with Crippen molar-refractivity contribution in [2.24, 2.45) is 5.92 Å². The molecule has 0 bridgehead atoms. The number of para-hydroxylation sites is 1. The summed E-state index contributed by atoms with van der Waals surface area (Å²) in [5.41, 5.74) is 2.42. The van der Waals surface area contributed by atoms with Crippen LogP contribution in [0.5, 0.6) is 0 Å². The fourth-order valence-corrected chi connectivity index (χ4v) is 4.56. The number of piperidine rings is 1. The van der Waals surface area contributed by atoms with E-state index in [-0.39, 0.29) is 0 Å². The molecule has 1 aromatic carbocycles. The molecule has 0 aliphatic carbocycles. The second-order valence-electron chi connectivity index (χ2n) is 6.90. The molecule has 0 spiro atoms. The summed E-state index contributed by atoms with van der Waals surface area (Å²) in [5, 5.41) is 1.26. The van der Waals surface area contributed by atoms with Gasteiger partial charge in [-0.2, -0.15) is 0 Å². The van der Waals surface area contributed by atoms with Gasteiger partial charge in [-0.25, -0.2) is 0 Å². The Morgan fingerprint density at radius 1 is 1.04 bits per heavy atom. The van der Waals surface area contributed by atoms with E-state index in [2.05, 4.69) is 55.0 Å². The molecule has 23 heavy (non-hydrogen) atoms. The van der Waals surface area contributed by atoms with E-state index in [1.807, 2.05) is 6.20 Å². The van der Waals surface area contributed by atoms with Gasteiger partial charge in [0.1, 0.15) is 0 Å². The molecular formula is C19H24BrN3. The summed E-state index contributed by atoms with van der Waals surface area (Å²) in [6, 6.07) is 8.55. The first-order valence-corrected chi connectivity index (χ1v) is 9.61. The van der Waals surface area contributed by atoms with Crippen LogP contribution in [-0.2, 0) is 0 Å². The molecule has 2 saturated heterocycles. The Morgan fingerprint density at radius 2 is 1.83 bits per heavy atom. The predicted octanol–water partition coefficient (Wildman–Crippen LogP) is 4.31. The Balaban J connectivity index is 1.47. The molecule has 2 aliphatic rings. The van der Waals surface area contributed by atoms with Crippen molar-refractivity contribution >= 4 is 32.5 Å². The molecule has 122 valence electrons. The average Bonchev–Trinajstić information content (AvgIpc) is 3.09. The third-order valence-electron chi connectivity index (χ3n) is 5.37. The van der Waals surface area contributed by atoms with Gasteiger partial charge in [-0.05, 0) is 72.8 Å². The maximum atomic E-state index is 4.54. The quantitative estimate of drug-likeness (QED) is 0.798. The van der Waals surface area contributed by atoms with Gasteiger partial charge < -0.3 is 9.80 Å². The van der Waals surface area contributed by atoms with Gasteiger partial charge in [-0.15, -0.1) is 0 Å². The largest absolute Gasteiger partial charge is 0.371 e. The van der Waals surface area contributed by atoms with Gasteiger partial charge in [0.05, 0.1) is 5.52 Å². The number of halogens is 1. The lowest BCUT2D eigenvalue weighted by molar-refractivity contribution is 0.249. The highest BCUT2D eigenvalue weighted by atomic mass is 79.9. The van der Waals surface area contributed by atoms with Crippen molar-refractivity contribution in [3.8, 4) is 0 Å². The average molecular weight is 374 g/mol. The van der Waals surface area contributed by atoms with Crippen molar-refractivity contribution in [3.05, 3.63) is 34.9 Å². The number of hydrogen-bond donors (Lipinski definition) is 0. The molecule has 2 aromatic rings. The van der Waals surface area contributed by atoms with Crippen LogP contribution in [0.3, 0.4) is 0 Å². The molecule has 2 fully saturated rings. The van der Waals surface area contributed by atoms with E-state index >= 15 is 0 Å². The van der Waals surface area contributed by atoms with Crippen LogP contribution >= 0.6 is 15.9 Å². The second kappa shape index (κ2) is 6.78. The van der Waals surface area contributed by atoms with Crippen molar-refractivity contribution in [2.75, 3.05) is 37.6 Å². The van der Waals surface area contributed by atoms with Gasteiger partial charge in [0.25, 0.3) is 0 Å². The Labute approximate surface area is 146 Å². The number of nitrogens with zero attached hydrogens (tertiary/aromatic N) is 3. The van der Waals surface area contributed by atoms with Crippen LogP contribution in [0.25, 0.3) is 10.9 Å². The smallest absolute Gasteiger partial charge is 0.0864 e. The van der Waals surface area contributed by atoms with Gasteiger partial charge in [0, 0.05) is 41.4 Å². The molecule has 2 aliphatic heterocycles. The van der Waals surface area contributed by atoms with Gasteiger partial charge in [-0.1, -0.05) is 12.1 Å². The van der Waals surface area contributed by atoms with Crippen molar-refractivity contribution in [3.63, 3.8) is 0 Å². The fourth-order valence-electron chi connectivity index (χ4n) is 4.09. The van der Waals surface area contributed by atoms with Crippen molar-refractivity contribution in [2.45, 2.75) is 25.7 Å². The summed E-state index contributed by atoms with van der Waals surface area (Å²) >= 11 is 3.63. The minimum atomic E-state index is 0.879. The van der Waals surface area contributed by atoms with Crippen LogP contribution in [-0.4, -0.2) is 42.6 Å². The number of fused-ring (bicyclic) bond motifs is 1. The number of benzene rings is 1. The number of pyridine rings is 1. The zero-order chi connectivity index (χ0) is 15.6. The second-order valence-corrected chi connectivity index (χ2v) is 7.76. The molecule has 0 radical (unpaired) electrons. The monoisotopic (exact) mass is 373 g/mol. The third kappa shape index (κ3) is 3.24. The van der Waals surface area contributed by atoms with Crippen LogP contribution < -0.4 is 4.90 Å². The van der Waals surface area contributed by atoms with E-state index in [0.717, 1.165) is 15.9 Å². The molecule has 0 atom stereocenters. The van der Waals surface area contributed by atoms with E-state index in [0.29, 0.717) is 0 Å². The van der Waals surface area contributed by atoms with Crippen LogP contribution in [0.1, 0.15) is 25.7 Å². The van der Waals surface area contributed by atoms with Gasteiger partial charge >= 0.3 is 0 Å². The summed E-state index contributed by atoms with van der Waals surface area (Å²) in [4.78, 5) is 9.76. The van der Waals surface area contributed by atoms with Crippen molar-refractivity contribution < 1.29 is 0 Å². The van der Waals surface area contributed by atoms with E-state index in [1.54, 1.807) is 0 Å². The van der Waals surface area contributed by atoms with Crippen LogP contribution in [0.15, 0.2) is 34.9 Å². The fraction of sp³-hybridized carbons (Fsp3) is 0.526. The summed E-state index contributed by atoms with van der Waals surface area (Å²) in [7, 11) is 0. The van der Waals surface area contributed by atoms with Crippen molar-refractivity contribution in [1.82, 2.24) is 9.88 Å². The van der Waals surface area contributed by atoms with E-state index in [1.165, 1.54) is 69.5 Å². The number of aromatic nitrogens is 1. The molecule has 1 aromatic heterocycles. The number of anilines is 1. The summed E-state index contributed by atoms with van der Waals surface area (Å²) in [6.07, 6.45) is 7.37. The van der Waals surface area contributed by atoms with Crippen LogP contribution in [0.2, 0.25) is 0 Å². The molecule has 4 heteroatoms. The molecular weight excluding hydrogens is 350 g/mol.